The molecule has 0 spiro atoms. The standard InChI is InChI=1S/C16H21ClO/c17-15(10-12-4-2-1-3-5-12)13-6-7-16-14(11-13)8-9-18-16/h6-7,11-12,15H,1-5,8-10H2. The molecule has 0 saturated heterocycles. The van der Waals surface area contributed by atoms with Crippen LogP contribution in [0.3, 0.4) is 0 Å². The van der Waals surface area contributed by atoms with Crippen molar-refractivity contribution in [1.29, 1.82) is 0 Å². The molecule has 2 aliphatic rings. The van der Waals surface area contributed by atoms with Crippen LogP contribution in [0.15, 0.2) is 18.2 Å². The fourth-order valence-electron chi connectivity index (χ4n) is 3.25. The number of rotatable bonds is 3. The lowest BCUT2D eigenvalue weighted by atomic mass is 9.85. The number of alkyl halides is 1. The Bertz CT molecular complexity index is 410. The van der Waals surface area contributed by atoms with Crippen LogP contribution in [0.4, 0.5) is 0 Å². The van der Waals surface area contributed by atoms with E-state index in [4.69, 9.17) is 16.3 Å². The molecule has 0 bridgehead atoms. The minimum atomic E-state index is 0.180. The maximum absolute atomic E-state index is 6.60. The van der Waals surface area contributed by atoms with Gasteiger partial charge in [0.1, 0.15) is 5.75 Å². The molecule has 1 unspecified atom stereocenters. The van der Waals surface area contributed by atoms with Gasteiger partial charge in [0, 0.05) is 6.42 Å². The van der Waals surface area contributed by atoms with E-state index < -0.39 is 0 Å². The van der Waals surface area contributed by atoms with Crippen LogP contribution in [0.5, 0.6) is 5.75 Å². The van der Waals surface area contributed by atoms with Crippen LogP contribution in [0.1, 0.15) is 55.0 Å². The highest BCUT2D eigenvalue weighted by Crippen LogP contribution is 2.37. The van der Waals surface area contributed by atoms with Crippen LogP contribution in [0.2, 0.25) is 0 Å². The Morgan fingerprint density at radius 3 is 2.89 bits per heavy atom. The molecule has 1 heterocycles. The summed E-state index contributed by atoms with van der Waals surface area (Å²) in [5.41, 5.74) is 2.62. The Hall–Kier alpha value is -0.690. The molecule has 0 N–H and O–H groups in total. The molecule has 3 rings (SSSR count). The lowest BCUT2D eigenvalue weighted by Crippen LogP contribution is -2.08. The predicted octanol–water partition coefficient (Wildman–Crippen LogP) is 4.87. The van der Waals surface area contributed by atoms with Gasteiger partial charge in [0.15, 0.2) is 0 Å². The van der Waals surface area contributed by atoms with E-state index in [0.717, 1.165) is 31.1 Å². The zero-order valence-electron chi connectivity index (χ0n) is 10.8. The van der Waals surface area contributed by atoms with Crippen molar-refractivity contribution in [3.63, 3.8) is 0 Å². The second-order valence-corrected chi connectivity index (χ2v) is 6.20. The highest BCUT2D eigenvalue weighted by atomic mass is 35.5. The Labute approximate surface area is 114 Å². The first-order chi connectivity index (χ1) is 8.83. The fourth-order valence-corrected chi connectivity index (χ4v) is 3.64. The van der Waals surface area contributed by atoms with Gasteiger partial charge in [-0.15, -0.1) is 11.6 Å². The Morgan fingerprint density at radius 2 is 2.06 bits per heavy atom. The molecule has 1 fully saturated rings. The van der Waals surface area contributed by atoms with E-state index >= 15 is 0 Å². The van der Waals surface area contributed by atoms with Gasteiger partial charge in [-0.3, -0.25) is 0 Å². The smallest absolute Gasteiger partial charge is 0.122 e. The molecule has 1 aliphatic carbocycles. The summed E-state index contributed by atoms with van der Waals surface area (Å²) in [5.74, 6) is 1.89. The van der Waals surface area contributed by atoms with E-state index in [1.165, 1.54) is 43.2 Å². The summed E-state index contributed by atoms with van der Waals surface area (Å²) < 4.78 is 5.54. The molecule has 98 valence electrons. The number of hydrogen-bond donors (Lipinski definition) is 0. The van der Waals surface area contributed by atoms with Crippen molar-refractivity contribution in [2.75, 3.05) is 6.61 Å². The van der Waals surface area contributed by atoms with Gasteiger partial charge in [0.2, 0.25) is 0 Å². The molecule has 1 saturated carbocycles. The average molecular weight is 265 g/mol. The SMILES string of the molecule is ClC(CC1CCCCC1)c1ccc2c(c1)CCO2. The van der Waals surface area contributed by atoms with Gasteiger partial charge in [-0.05, 0) is 29.5 Å². The van der Waals surface area contributed by atoms with Gasteiger partial charge < -0.3 is 4.74 Å². The number of ether oxygens (including phenoxy) is 1. The van der Waals surface area contributed by atoms with E-state index in [1.54, 1.807) is 0 Å². The number of benzene rings is 1. The maximum atomic E-state index is 6.60. The van der Waals surface area contributed by atoms with Crippen LogP contribution in [0.25, 0.3) is 0 Å². The molecular weight excluding hydrogens is 244 g/mol. The molecule has 0 amide bonds. The lowest BCUT2D eigenvalue weighted by molar-refractivity contribution is 0.336. The van der Waals surface area contributed by atoms with E-state index in [1.807, 2.05) is 0 Å². The highest BCUT2D eigenvalue weighted by molar-refractivity contribution is 6.20. The lowest BCUT2D eigenvalue weighted by Gasteiger charge is -2.24. The second kappa shape index (κ2) is 5.52. The van der Waals surface area contributed by atoms with Gasteiger partial charge in [0.25, 0.3) is 0 Å². The Balaban J connectivity index is 1.66. The number of fused-ring (bicyclic) bond motifs is 1. The van der Waals surface area contributed by atoms with E-state index in [0.29, 0.717) is 0 Å². The third-order valence-electron chi connectivity index (χ3n) is 4.34. The molecule has 2 heteroatoms. The summed E-state index contributed by atoms with van der Waals surface area (Å²) in [5, 5.41) is 0.180. The largest absolute Gasteiger partial charge is 0.493 e. The summed E-state index contributed by atoms with van der Waals surface area (Å²) in [7, 11) is 0. The van der Waals surface area contributed by atoms with Gasteiger partial charge in [-0.25, -0.2) is 0 Å². The number of halogens is 1. The van der Waals surface area contributed by atoms with Crippen LogP contribution < -0.4 is 4.74 Å². The van der Waals surface area contributed by atoms with Gasteiger partial charge in [0.05, 0.1) is 12.0 Å². The molecule has 1 atom stereocenters. The molecule has 18 heavy (non-hydrogen) atoms. The summed E-state index contributed by atoms with van der Waals surface area (Å²) in [6.45, 7) is 0.828. The minimum absolute atomic E-state index is 0.180. The summed E-state index contributed by atoms with van der Waals surface area (Å²) >= 11 is 6.60. The van der Waals surface area contributed by atoms with Gasteiger partial charge in [-0.2, -0.15) is 0 Å². The van der Waals surface area contributed by atoms with E-state index in [2.05, 4.69) is 18.2 Å². The van der Waals surface area contributed by atoms with Crippen molar-refractivity contribution in [3.8, 4) is 5.75 Å². The van der Waals surface area contributed by atoms with Crippen LogP contribution in [-0.2, 0) is 6.42 Å². The minimum Gasteiger partial charge on any atom is -0.493 e. The first-order valence-corrected chi connectivity index (χ1v) is 7.66. The topological polar surface area (TPSA) is 9.23 Å². The predicted molar refractivity (Wildman–Crippen MR) is 75.4 cm³/mol. The summed E-state index contributed by atoms with van der Waals surface area (Å²) in [6.07, 6.45) is 9.13. The first kappa shape index (κ1) is 12.3. The monoisotopic (exact) mass is 264 g/mol. The zero-order valence-corrected chi connectivity index (χ0v) is 11.6. The van der Waals surface area contributed by atoms with Crippen LogP contribution in [0, 0.1) is 5.92 Å². The third-order valence-corrected chi connectivity index (χ3v) is 4.77. The fraction of sp³-hybridized carbons (Fsp3) is 0.625. The van der Waals surface area contributed by atoms with Crippen molar-refractivity contribution in [2.45, 2.75) is 50.3 Å². The highest BCUT2D eigenvalue weighted by Gasteiger charge is 2.20. The van der Waals surface area contributed by atoms with Gasteiger partial charge >= 0.3 is 0 Å². The van der Waals surface area contributed by atoms with Crippen molar-refractivity contribution in [2.24, 2.45) is 5.92 Å². The molecule has 1 aromatic rings. The first-order valence-electron chi connectivity index (χ1n) is 7.22. The van der Waals surface area contributed by atoms with E-state index in [9.17, 15) is 0 Å². The average Bonchev–Trinajstić information content (AvgIpc) is 2.87. The molecule has 1 nitrogen and oxygen atoms in total. The summed E-state index contributed by atoms with van der Waals surface area (Å²) in [6, 6.07) is 6.49. The summed E-state index contributed by atoms with van der Waals surface area (Å²) in [4.78, 5) is 0. The molecular formula is C16H21ClO. The quantitative estimate of drug-likeness (QED) is 0.708. The molecule has 0 aromatic heterocycles. The second-order valence-electron chi connectivity index (χ2n) is 5.67. The van der Waals surface area contributed by atoms with Gasteiger partial charge in [-0.1, -0.05) is 44.2 Å². The van der Waals surface area contributed by atoms with Crippen molar-refractivity contribution in [1.82, 2.24) is 0 Å². The third kappa shape index (κ3) is 2.66. The van der Waals surface area contributed by atoms with Crippen molar-refractivity contribution in [3.05, 3.63) is 29.3 Å². The molecule has 1 aliphatic heterocycles. The maximum Gasteiger partial charge on any atom is 0.122 e. The Kier molecular flexibility index (Phi) is 3.79. The zero-order chi connectivity index (χ0) is 12.4. The van der Waals surface area contributed by atoms with E-state index in [-0.39, 0.29) is 5.38 Å². The van der Waals surface area contributed by atoms with Crippen molar-refractivity contribution >= 4 is 11.6 Å². The van der Waals surface area contributed by atoms with Crippen LogP contribution in [-0.4, -0.2) is 6.61 Å². The Morgan fingerprint density at radius 1 is 1.22 bits per heavy atom. The molecule has 0 radical (unpaired) electrons. The van der Waals surface area contributed by atoms with Crippen LogP contribution >= 0.6 is 11.6 Å². The number of hydrogen-bond acceptors (Lipinski definition) is 1. The normalized spacial score (nSPS) is 21.4. The molecule has 1 aromatic carbocycles. The van der Waals surface area contributed by atoms with Crippen molar-refractivity contribution < 1.29 is 4.74 Å².